The lowest BCUT2D eigenvalue weighted by atomic mass is 10.2. The van der Waals surface area contributed by atoms with Crippen LogP contribution in [-0.2, 0) is 71.8 Å². The molecule has 0 bridgehead atoms. The van der Waals surface area contributed by atoms with E-state index in [2.05, 4.69) is 40.7 Å². The Morgan fingerprint density at radius 1 is 0.652 bits per heavy atom. The van der Waals surface area contributed by atoms with E-state index in [1.165, 1.54) is 58.9 Å². The number of ether oxygens (including phenoxy) is 3. The first-order chi connectivity index (χ1) is 32.2. The van der Waals surface area contributed by atoms with Crippen LogP contribution in [0.4, 0.5) is 14.4 Å². The number of methoxy groups -OCH3 is 3. The summed E-state index contributed by atoms with van der Waals surface area (Å²) in [6.07, 6.45) is -0.160. The van der Waals surface area contributed by atoms with Crippen LogP contribution in [0.15, 0.2) is 0 Å². The Balaban J connectivity index is 0. The maximum absolute atomic E-state index is 11.7. The molecule has 3 heterocycles. The molecule has 69 heavy (non-hydrogen) atoms. The fourth-order valence-corrected chi connectivity index (χ4v) is 7.46. The van der Waals surface area contributed by atoms with Crippen molar-refractivity contribution in [2.24, 2.45) is 0 Å². The third kappa shape index (κ3) is 24.5. The van der Waals surface area contributed by atoms with Crippen LogP contribution in [0.25, 0.3) is 0 Å². The highest BCUT2D eigenvalue weighted by atomic mass is 32.2. The van der Waals surface area contributed by atoms with Crippen LogP contribution in [0, 0.1) is 0 Å². The summed E-state index contributed by atoms with van der Waals surface area (Å²) < 4.78 is 13.1. The Hall–Kier alpha value is -6.36. The number of thioether (sulfide) groups is 2. The predicted octanol–water partition coefficient (Wildman–Crippen LogP) is -2.06. The van der Waals surface area contributed by atoms with Crippen molar-refractivity contribution in [2.45, 2.75) is 121 Å². The monoisotopic (exact) mass is 1030 g/mol. The van der Waals surface area contributed by atoms with Crippen LogP contribution >= 0.6 is 23.5 Å². The molecule has 6 unspecified atom stereocenters. The second kappa shape index (κ2) is 34.0. The number of rotatable bonds is 18. The number of hydrogen-bond acceptors (Lipinski definition) is 21. The lowest BCUT2D eigenvalue weighted by Gasteiger charge is -2.17. The smallest absolute Gasteiger partial charge is 0.407 e. The van der Waals surface area contributed by atoms with E-state index in [-0.39, 0.29) is 85.2 Å². The molecule has 0 spiro atoms. The molecule has 29 heteroatoms. The molecule has 0 radical (unpaired) electrons. The number of Topliss-reactive ketones (excluding diaryl/α,β-unsaturated/α-hetero) is 2. The number of hydroxylamine groups is 2. The summed E-state index contributed by atoms with van der Waals surface area (Å²) in [5, 5.41) is 24.8. The molecule has 3 rings (SSSR count). The highest BCUT2D eigenvalue weighted by Crippen LogP contribution is 2.26. The fourth-order valence-electron chi connectivity index (χ4n) is 4.95. The summed E-state index contributed by atoms with van der Waals surface area (Å²) >= 11 is 2.40. The van der Waals surface area contributed by atoms with E-state index in [0.29, 0.717) is 17.9 Å². The molecular weight excluding hydrogens is 963 g/mol. The first-order valence-electron chi connectivity index (χ1n) is 20.9. The van der Waals surface area contributed by atoms with E-state index in [0.717, 1.165) is 16.7 Å². The summed E-state index contributed by atoms with van der Waals surface area (Å²) in [6, 6.07) is -2.83. The van der Waals surface area contributed by atoms with Crippen molar-refractivity contribution < 1.29 is 102 Å². The van der Waals surface area contributed by atoms with Gasteiger partial charge in [0.25, 0.3) is 11.8 Å². The third-order valence-electron chi connectivity index (χ3n) is 9.27. The van der Waals surface area contributed by atoms with Crippen molar-refractivity contribution in [1.82, 2.24) is 30.8 Å². The summed E-state index contributed by atoms with van der Waals surface area (Å²) in [5.74, 6) is -4.50. The molecule has 6 atom stereocenters. The number of alkyl carbamates (subject to hydrolysis) is 3. The minimum absolute atomic E-state index is 0.130. The summed E-state index contributed by atoms with van der Waals surface area (Å²) in [4.78, 5) is 161. The van der Waals surface area contributed by atoms with Gasteiger partial charge in [-0.15, -0.1) is 28.6 Å². The lowest BCUT2D eigenvalue weighted by Crippen LogP contribution is -2.67. The molecule has 7 N–H and O–H groups in total. The lowest BCUT2D eigenvalue weighted by molar-refractivity contribution is -0.437. The van der Waals surface area contributed by atoms with E-state index in [1.807, 2.05) is 0 Å². The van der Waals surface area contributed by atoms with Gasteiger partial charge in [-0.3, -0.25) is 48.2 Å². The van der Waals surface area contributed by atoms with Crippen LogP contribution in [0.2, 0.25) is 0 Å². The quantitative estimate of drug-likeness (QED) is 0.0728. The van der Waals surface area contributed by atoms with Gasteiger partial charge in [0.1, 0.15) is 12.1 Å². The molecule has 390 valence electrons. The number of carboxylic acids is 2. The zero-order valence-electron chi connectivity index (χ0n) is 40.1. The minimum Gasteiger partial charge on any atom is -0.544 e. The van der Waals surface area contributed by atoms with Gasteiger partial charge in [0.2, 0.25) is 23.6 Å². The first kappa shape index (κ1) is 64.7. The highest BCUT2D eigenvalue weighted by molar-refractivity contribution is 8.01. The number of ketones is 2. The molecule has 3 aliphatic rings. The van der Waals surface area contributed by atoms with Gasteiger partial charge in [0.05, 0.1) is 49.9 Å². The molecule has 3 fully saturated rings. The molecule has 0 saturated carbocycles. The number of likely N-dealkylation sites (tertiary alicyclic amines) is 2. The number of nitrogens with zero attached hydrogens (tertiary/aromatic N) is 3. The molecule has 0 aromatic carbocycles. The Morgan fingerprint density at radius 2 is 1.00 bits per heavy atom. The van der Waals surface area contributed by atoms with E-state index >= 15 is 0 Å². The number of quaternary nitrogens is 1. The van der Waals surface area contributed by atoms with Crippen molar-refractivity contribution >= 4 is 107 Å². The SMILES string of the molecule is CC(=O)ON1C(=O)CCC1=O.CCC(=O)C(CSC1CC(=O)N(C)C1=O)NC(=O)OC.CCC(=O)C(CSC1CC(=O)N(C)C1=O)NC(=O)OC.CCC(NC(=O)OC)C(=O)O.CCC([NH3+])C(=O)[O-]. The largest absolute Gasteiger partial charge is 0.544 e. The van der Waals surface area contributed by atoms with Gasteiger partial charge in [0, 0.05) is 77.5 Å². The van der Waals surface area contributed by atoms with Crippen LogP contribution < -0.4 is 26.8 Å². The second-order valence-electron chi connectivity index (χ2n) is 14.2. The zero-order chi connectivity index (χ0) is 53.7. The van der Waals surface area contributed by atoms with Gasteiger partial charge in [-0.25, -0.2) is 24.0 Å². The predicted molar refractivity (Wildman–Crippen MR) is 239 cm³/mol. The van der Waals surface area contributed by atoms with Crippen molar-refractivity contribution in [1.29, 1.82) is 0 Å². The van der Waals surface area contributed by atoms with E-state index < -0.39 is 82.7 Å². The summed E-state index contributed by atoms with van der Waals surface area (Å²) in [6.45, 7) is 7.94. The summed E-state index contributed by atoms with van der Waals surface area (Å²) in [7, 11) is 6.48. The van der Waals surface area contributed by atoms with Crippen molar-refractivity contribution in [3.63, 3.8) is 0 Å². The maximum Gasteiger partial charge on any atom is 0.407 e. The minimum atomic E-state index is -1.07. The Kier molecular flexibility index (Phi) is 31.9. The molecule has 0 aliphatic carbocycles. The molecular formula is C40H63N7O20S2. The molecule has 9 amide bonds. The van der Waals surface area contributed by atoms with Gasteiger partial charge < -0.3 is 55.7 Å². The van der Waals surface area contributed by atoms with Crippen molar-refractivity contribution in [3.8, 4) is 0 Å². The number of carbonyl (C=O) groups excluding carboxylic acids is 13. The number of hydrogen-bond donors (Lipinski definition) is 5. The Morgan fingerprint density at radius 3 is 1.22 bits per heavy atom. The molecule has 3 aliphatic heterocycles. The number of amides is 9. The van der Waals surface area contributed by atoms with Crippen LogP contribution in [0.5, 0.6) is 0 Å². The van der Waals surface area contributed by atoms with Gasteiger partial charge in [0.15, 0.2) is 11.6 Å². The number of aliphatic carboxylic acids is 2. The average molecular weight is 1030 g/mol. The average Bonchev–Trinajstić information content (AvgIpc) is 3.87. The maximum atomic E-state index is 11.7. The van der Waals surface area contributed by atoms with Gasteiger partial charge in [-0.2, -0.15) is 0 Å². The molecule has 3 saturated heterocycles. The highest BCUT2D eigenvalue weighted by Gasteiger charge is 2.38. The molecule has 0 aromatic heterocycles. The second-order valence-corrected chi connectivity index (χ2v) is 16.6. The van der Waals surface area contributed by atoms with E-state index in [1.54, 1.807) is 27.7 Å². The number of carboxylic acid groups (broad SMARTS) is 2. The topological polar surface area (TPSA) is 393 Å². The fraction of sp³-hybridized carbons (Fsp3) is 0.650. The van der Waals surface area contributed by atoms with Gasteiger partial charge >= 0.3 is 30.2 Å². The van der Waals surface area contributed by atoms with Crippen LogP contribution in [-0.4, -0.2) is 185 Å². The Labute approximate surface area is 406 Å². The number of imide groups is 3. The normalized spacial score (nSPS) is 17.6. The van der Waals surface area contributed by atoms with E-state index in [9.17, 15) is 72.2 Å². The standard InChI is InChI=1S/2C12H18N2O5S.C6H7NO4.C6H11NO4.C4H9NO2/c2*1-4-8(15)7(13-12(18)19-3)6-20-9-5-10(16)14(2)11(9)17;1-4(8)11-7-5(9)2-3-6(7)10;1-3-4(5(8)9)7-6(10)11-2;1-2-3(5)4(6)7/h2*7,9H,4-6H2,1-3H3,(H,13,18);2-3H2,1H3;4H,3H2,1-2H3,(H,7,10)(H,8,9);3H,2,5H2,1H3,(H,6,7). The van der Waals surface area contributed by atoms with Crippen LogP contribution in [0.3, 0.4) is 0 Å². The third-order valence-corrected chi connectivity index (χ3v) is 11.9. The number of carbonyl (C=O) groups is 14. The van der Waals surface area contributed by atoms with Gasteiger partial charge in [-0.1, -0.05) is 27.7 Å². The number of nitrogens with one attached hydrogen (secondary N) is 3. The zero-order valence-corrected chi connectivity index (χ0v) is 41.7. The van der Waals surface area contributed by atoms with Crippen LogP contribution in [0.1, 0.15) is 86.0 Å². The summed E-state index contributed by atoms with van der Waals surface area (Å²) in [5.41, 5.74) is 3.29. The molecule has 0 aromatic rings. The van der Waals surface area contributed by atoms with Crippen molar-refractivity contribution in [2.75, 3.05) is 46.9 Å². The van der Waals surface area contributed by atoms with Gasteiger partial charge in [-0.05, 0) is 6.42 Å². The molecule has 27 nitrogen and oxygen atoms in total. The van der Waals surface area contributed by atoms with Crippen molar-refractivity contribution in [3.05, 3.63) is 0 Å². The Bertz CT molecular complexity index is 1780. The first-order valence-corrected chi connectivity index (χ1v) is 23.0. The van der Waals surface area contributed by atoms with E-state index in [4.69, 9.17) is 5.11 Å².